The normalized spacial score (nSPS) is 20.2. The van der Waals surface area contributed by atoms with Crippen molar-refractivity contribution in [3.05, 3.63) is 58.9 Å². The molecule has 1 N–H and O–H groups in total. The summed E-state index contributed by atoms with van der Waals surface area (Å²) < 4.78 is 1.72. The van der Waals surface area contributed by atoms with Gasteiger partial charge in [-0.3, -0.25) is 4.79 Å². The van der Waals surface area contributed by atoms with E-state index in [9.17, 15) is 9.59 Å². The van der Waals surface area contributed by atoms with E-state index in [-0.39, 0.29) is 0 Å². The van der Waals surface area contributed by atoms with Crippen molar-refractivity contribution in [2.45, 2.75) is 19.4 Å². The molecule has 2 aromatic rings. The first-order valence-corrected chi connectivity index (χ1v) is 7.71. The van der Waals surface area contributed by atoms with Gasteiger partial charge < -0.3 is 9.88 Å². The van der Waals surface area contributed by atoms with Crippen LogP contribution >= 0.6 is 0 Å². The van der Waals surface area contributed by atoms with Crippen molar-refractivity contribution in [2.75, 3.05) is 0 Å². The number of amides is 3. The number of nitrogens with zero attached hydrogens (tertiary/aromatic N) is 4. The number of rotatable bonds is 3. The van der Waals surface area contributed by atoms with Gasteiger partial charge in [0, 0.05) is 18.3 Å². The molecule has 0 spiro atoms. The minimum atomic E-state index is -1.15. The highest BCUT2D eigenvalue weighted by Gasteiger charge is 2.49. The zero-order valence-electron chi connectivity index (χ0n) is 14.1. The van der Waals surface area contributed by atoms with Gasteiger partial charge in [0.05, 0.1) is 6.21 Å². The molecule has 0 saturated carbocycles. The Morgan fingerprint density at radius 1 is 1.28 bits per heavy atom. The van der Waals surface area contributed by atoms with E-state index in [0.717, 1.165) is 10.7 Å². The maximum Gasteiger partial charge on any atom is 0.346 e. The van der Waals surface area contributed by atoms with Crippen molar-refractivity contribution in [1.29, 1.82) is 5.26 Å². The smallest absolute Gasteiger partial charge is 0.339 e. The Balaban J connectivity index is 1.91. The number of nitriles is 1. The van der Waals surface area contributed by atoms with E-state index in [0.29, 0.717) is 16.8 Å². The summed E-state index contributed by atoms with van der Waals surface area (Å²) in [4.78, 5) is 25.0. The van der Waals surface area contributed by atoms with Crippen LogP contribution in [0.4, 0.5) is 4.79 Å². The molecule has 7 nitrogen and oxygen atoms in total. The van der Waals surface area contributed by atoms with Crippen LogP contribution in [0.5, 0.6) is 0 Å². The summed E-state index contributed by atoms with van der Waals surface area (Å²) in [6, 6.07) is 12.2. The summed E-state index contributed by atoms with van der Waals surface area (Å²) in [5.74, 6) is -0.450. The fourth-order valence-electron chi connectivity index (χ4n) is 2.78. The van der Waals surface area contributed by atoms with Crippen LogP contribution in [0, 0.1) is 18.3 Å². The molecule has 1 aromatic heterocycles. The lowest BCUT2D eigenvalue weighted by molar-refractivity contribution is -0.131. The predicted octanol–water partition coefficient (Wildman–Crippen LogP) is 2.01. The molecule has 0 aliphatic carbocycles. The number of imide groups is 1. The van der Waals surface area contributed by atoms with E-state index in [1.165, 1.54) is 6.21 Å². The van der Waals surface area contributed by atoms with Crippen LogP contribution in [0.15, 0.2) is 41.5 Å². The Bertz CT molecular complexity index is 923. The quantitative estimate of drug-likeness (QED) is 0.687. The van der Waals surface area contributed by atoms with E-state index >= 15 is 0 Å². The van der Waals surface area contributed by atoms with Crippen LogP contribution in [0.2, 0.25) is 0 Å². The lowest BCUT2D eigenvalue weighted by Crippen LogP contribution is -2.40. The van der Waals surface area contributed by atoms with Crippen molar-refractivity contribution < 1.29 is 9.59 Å². The molecule has 3 amide bonds. The molecule has 126 valence electrons. The SMILES string of the molecule is Cc1c(/C=N\N2C(=O)N[C@](C)(c3ccccc3)C2=O)cc(C#N)n1C. The van der Waals surface area contributed by atoms with Crippen molar-refractivity contribution >= 4 is 18.2 Å². The average molecular weight is 335 g/mol. The number of benzene rings is 1. The molecule has 2 heterocycles. The van der Waals surface area contributed by atoms with Gasteiger partial charge in [0.15, 0.2) is 0 Å². The molecule has 0 bridgehead atoms. The highest BCUT2D eigenvalue weighted by atomic mass is 16.2. The van der Waals surface area contributed by atoms with Crippen molar-refractivity contribution in [2.24, 2.45) is 12.1 Å². The molecule has 1 atom stereocenters. The largest absolute Gasteiger partial charge is 0.346 e. The van der Waals surface area contributed by atoms with Gasteiger partial charge in [-0.1, -0.05) is 30.3 Å². The maximum absolute atomic E-state index is 12.7. The number of hydrogen-bond donors (Lipinski definition) is 1. The molecular formula is C18H17N5O2. The molecule has 1 fully saturated rings. The van der Waals surface area contributed by atoms with Crippen LogP contribution in [-0.4, -0.2) is 27.7 Å². The molecular weight excluding hydrogens is 318 g/mol. The number of aromatic nitrogens is 1. The number of nitrogens with one attached hydrogen (secondary N) is 1. The maximum atomic E-state index is 12.7. The van der Waals surface area contributed by atoms with E-state index in [2.05, 4.69) is 16.5 Å². The highest BCUT2D eigenvalue weighted by Crippen LogP contribution is 2.28. The lowest BCUT2D eigenvalue weighted by Gasteiger charge is -2.20. The third kappa shape index (κ3) is 2.58. The van der Waals surface area contributed by atoms with Gasteiger partial charge in [-0.05, 0) is 25.5 Å². The van der Waals surface area contributed by atoms with Crippen LogP contribution in [-0.2, 0) is 17.4 Å². The van der Waals surface area contributed by atoms with E-state index in [1.807, 2.05) is 25.1 Å². The second-order valence-electron chi connectivity index (χ2n) is 6.02. The third-order valence-electron chi connectivity index (χ3n) is 4.52. The molecule has 1 aliphatic heterocycles. The summed E-state index contributed by atoms with van der Waals surface area (Å²) in [6.07, 6.45) is 1.42. The van der Waals surface area contributed by atoms with Crippen molar-refractivity contribution in [3.8, 4) is 6.07 Å². The van der Waals surface area contributed by atoms with Gasteiger partial charge in [0.25, 0.3) is 5.91 Å². The zero-order valence-corrected chi connectivity index (χ0v) is 14.1. The molecule has 25 heavy (non-hydrogen) atoms. The summed E-state index contributed by atoms with van der Waals surface area (Å²) in [5, 5.41) is 16.6. The van der Waals surface area contributed by atoms with E-state index in [4.69, 9.17) is 5.26 Å². The molecule has 7 heteroatoms. The van der Waals surface area contributed by atoms with Crippen LogP contribution < -0.4 is 5.32 Å². The fraction of sp³-hybridized carbons (Fsp3) is 0.222. The van der Waals surface area contributed by atoms with Crippen molar-refractivity contribution in [1.82, 2.24) is 14.9 Å². The Labute approximate surface area is 145 Å². The minimum Gasteiger partial charge on any atom is -0.339 e. The van der Waals surface area contributed by atoms with E-state index < -0.39 is 17.5 Å². The van der Waals surface area contributed by atoms with Gasteiger partial charge in [-0.2, -0.15) is 10.4 Å². The first-order valence-electron chi connectivity index (χ1n) is 7.71. The summed E-state index contributed by atoms with van der Waals surface area (Å²) in [6.45, 7) is 3.49. The number of hydrazone groups is 1. The second-order valence-corrected chi connectivity index (χ2v) is 6.02. The highest BCUT2D eigenvalue weighted by molar-refractivity contribution is 6.07. The second kappa shape index (κ2) is 5.91. The first-order chi connectivity index (χ1) is 11.9. The lowest BCUT2D eigenvalue weighted by atomic mass is 9.92. The fourth-order valence-corrected chi connectivity index (χ4v) is 2.78. The molecule has 3 rings (SSSR count). The van der Waals surface area contributed by atoms with E-state index in [1.54, 1.807) is 36.7 Å². The average Bonchev–Trinajstić information content (AvgIpc) is 3.01. The summed E-state index contributed by atoms with van der Waals surface area (Å²) in [7, 11) is 1.77. The number of carbonyl (C=O) groups is 2. The van der Waals surface area contributed by atoms with Gasteiger partial charge in [-0.25, -0.2) is 4.79 Å². The minimum absolute atomic E-state index is 0.450. The Morgan fingerprint density at radius 3 is 2.56 bits per heavy atom. The standard InChI is InChI=1S/C18H17N5O2/c1-12-13(9-15(10-19)22(12)3)11-20-23-16(24)18(2,21-17(23)25)14-7-5-4-6-8-14/h4-9,11H,1-3H3,(H,21,25)/b20-11-/t18-/m1/s1. The van der Waals surface area contributed by atoms with Gasteiger partial charge >= 0.3 is 6.03 Å². The first kappa shape index (κ1) is 16.5. The topological polar surface area (TPSA) is 90.5 Å². The van der Waals surface area contributed by atoms with Gasteiger partial charge in [0.2, 0.25) is 0 Å². The zero-order chi connectivity index (χ0) is 18.2. The van der Waals surface area contributed by atoms with Gasteiger partial charge in [0.1, 0.15) is 17.3 Å². The van der Waals surface area contributed by atoms with Crippen LogP contribution in [0.3, 0.4) is 0 Å². The Kier molecular flexibility index (Phi) is 3.89. The Hall–Kier alpha value is -3.40. The molecule has 1 aromatic carbocycles. The molecule has 0 unspecified atom stereocenters. The van der Waals surface area contributed by atoms with Crippen molar-refractivity contribution in [3.63, 3.8) is 0 Å². The molecule has 0 radical (unpaired) electrons. The predicted molar refractivity (Wildman–Crippen MR) is 91.6 cm³/mol. The number of urea groups is 1. The van der Waals surface area contributed by atoms with Gasteiger partial charge in [-0.15, -0.1) is 5.01 Å². The Morgan fingerprint density at radius 2 is 1.96 bits per heavy atom. The van der Waals surface area contributed by atoms with Crippen LogP contribution in [0.25, 0.3) is 0 Å². The third-order valence-corrected chi connectivity index (χ3v) is 4.52. The summed E-state index contributed by atoms with van der Waals surface area (Å²) >= 11 is 0. The number of carbonyl (C=O) groups excluding carboxylic acids is 2. The monoisotopic (exact) mass is 335 g/mol. The number of hydrogen-bond acceptors (Lipinski definition) is 4. The molecule has 1 saturated heterocycles. The van der Waals surface area contributed by atoms with Crippen LogP contribution in [0.1, 0.15) is 29.4 Å². The summed E-state index contributed by atoms with van der Waals surface area (Å²) in [5.41, 5.74) is 1.50. The molecule has 1 aliphatic rings.